The molecule has 31 heavy (non-hydrogen) atoms. The highest BCUT2D eigenvalue weighted by molar-refractivity contribution is 6.11. The number of nitrogens with one attached hydrogen (secondary N) is 1. The van der Waals surface area contributed by atoms with Crippen LogP contribution in [0.2, 0.25) is 0 Å². The van der Waals surface area contributed by atoms with E-state index in [0.717, 1.165) is 10.3 Å². The molecule has 0 unspecified atom stereocenters. The first kappa shape index (κ1) is 18.7. The Bertz CT molecular complexity index is 1300. The number of imide groups is 1. The largest absolute Gasteiger partial charge is 0.453 e. The minimum absolute atomic E-state index is 0.0936. The van der Waals surface area contributed by atoms with Crippen LogP contribution in [0.4, 0.5) is 4.79 Å². The molecule has 3 amide bonds. The fourth-order valence-corrected chi connectivity index (χ4v) is 3.62. The number of para-hydroxylation sites is 1. The summed E-state index contributed by atoms with van der Waals surface area (Å²) in [5.41, 5.74) is 0.391. The zero-order chi connectivity index (χ0) is 21.6. The number of carbonyl (C=O) groups is 3. The molecule has 1 aliphatic rings. The maximum absolute atomic E-state index is 13.2. The molecule has 1 saturated heterocycles. The van der Waals surface area contributed by atoms with Crippen LogP contribution in [-0.4, -0.2) is 49.4 Å². The number of tetrazole rings is 1. The number of Topliss-reactive ketones (excluding diaryl/α,β-unsaturated/α-hetero) is 1. The van der Waals surface area contributed by atoms with Crippen LogP contribution in [0.25, 0.3) is 16.7 Å². The summed E-state index contributed by atoms with van der Waals surface area (Å²) in [6, 6.07) is 15.1. The van der Waals surface area contributed by atoms with E-state index in [2.05, 4.69) is 20.8 Å². The number of aromatic nitrogens is 4. The third kappa shape index (κ3) is 3.05. The Hall–Kier alpha value is -4.34. The van der Waals surface area contributed by atoms with Gasteiger partial charge < -0.3 is 9.73 Å². The van der Waals surface area contributed by atoms with E-state index < -0.39 is 29.8 Å². The number of urea groups is 1. The molecule has 4 aromatic rings. The maximum Gasteiger partial charge on any atom is 0.325 e. The van der Waals surface area contributed by atoms with Gasteiger partial charge in [-0.25, -0.2) is 9.48 Å². The lowest BCUT2D eigenvalue weighted by Crippen LogP contribution is -2.41. The molecular weight excluding hydrogens is 400 g/mol. The Morgan fingerprint density at radius 1 is 1.13 bits per heavy atom. The second-order valence-electron chi connectivity index (χ2n) is 7.32. The normalized spacial score (nSPS) is 18.5. The first-order valence-electron chi connectivity index (χ1n) is 9.45. The number of rotatable bonds is 5. The summed E-state index contributed by atoms with van der Waals surface area (Å²) in [5, 5.41) is 14.5. The highest BCUT2D eigenvalue weighted by Crippen LogP contribution is 2.30. The van der Waals surface area contributed by atoms with Crippen LogP contribution in [0.1, 0.15) is 23.0 Å². The molecule has 1 atom stereocenters. The van der Waals surface area contributed by atoms with Crippen molar-refractivity contribution in [2.75, 3.05) is 6.54 Å². The zero-order valence-corrected chi connectivity index (χ0v) is 16.3. The molecule has 1 fully saturated rings. The van der Waals surface area contributed by atoms with Gasteiger partial charge in [0.05, 0.1) is 12.2 Å². The zero-order valence-electron chi connectivity index (χ0n) is 16.3. The molecule has 0 bridgehead atoms. The number of benzene rings is 2. The fraction of sp³-hybridized carbons (Fsp3) is 0.143. The van der Waals surface area contributed by atoms with Gasteiger partial charge in [-0.1, -0.05) is 30.3 Å². The summed E-state index contributed by atoms with van der Waals surface area (Å²) in [6.45, 7) is 1.17. The van der Waals surface area contributed by atoms with Gasteiger partial charge in [0.25, 0.3) is 5.91 Å². The highest BCUT2D eigenvalue weighted by Gasteiger charge is 2.49. The molecule has 10 nitrogen and oxygen atoms in total. The van der Waals surface area contributed by atoms with Crippen molar-refractivity contribution in [2.24, 2.45) is 0 Å². The van der Waals surface area contributed by atoms with Gasteiger partial charge in [0.1, 0.15) is 17.4 Å². The average molecular weight is 416 g/mol. The topological polar surface area (TPSA) is 123 Å². The Morgan fingerprint density at radius 3 is 2.74 bits per heavy atom. The Labute approximate surface area is 175 Å². The van der Waals surface area contributed by atoms with Crippen molar-refractivity contribution >= 4 is 28.7 Å². The van der Waals surface area contributed by atoms with Crippen LogP contribution in [-0.2, 0) is 10.3 Å². The van der Waals surface area contributed by atoms with Crippen molar-refractivity contribution in [3.8, 4) is 5.69 Å². The molecule has 0 radical (unpaired) electrons. The quantitative estimate of drug-likeness (QED) is 0.390. The molecule has 1 N–H and O–H groups in total. The van der Waals surface area contributed by atoms with Gasteiger partial charge in [-0.2, -0.15) is 0 Å². The van der Waals surface area contributed by atoms with Gasteiger partial charge in [0.2, 0.25) is 5.78 Å². The predicted octanol–water partition coefficient (Wildman–Crippen LogP) is 2.06. The molecule has 10 heteroatoms. The van der Waals surface area contributed by atoms with Crippen LogP contribution in [0.3, 0.4) is 0 Å². The summed E-state index contributed by atoms with van der Waals surface area (Å²) >= 11 is 0. The summed E-state index contributed by atoms with van der Waals surface area (Å²) in [6.07, 6.45) is 1.43. The van der Waals surface area contributed by atoms with E-state index in [-0.39, 0.29) is 5.76 Å². The second-order valence-corrected chi connectivity index (χ2v) is 7.32. The van der Waals surface area contributed by atoms with Crippen LogP contribution >= 0.6 is 0 Å². The minimum Gasteiger partial charge on any atom is -0.453 e. The van der Waals surface area contributed by atoms with Crippen molar-refractivity contribution in [3.63, 3.8) is 0 Å². The van der Waals surface area contributed by atoms with Crippen LogP contribution in [0, 0.1) is 0 Å². The van der Waals surface area contributed by atoms with E-state index in [1.54, 1.807) is 49.4 Å². The standard InChI is InChI=1S/C21H16N6O4/c1-21(14-6-4-7-15(10-14)27-12-22-24-25-27)19(29)26(20(30)23-21)11-16(28)18-9-13-5-2-3-8-17(13)31-18/h2-10,12H,11H2,1H3,(H,23,30)/t21-/m1/s1. The number of ketones is 1. The number of hydrogen-bond acceptors (Lipinski definition) is 7. The van der Waals surface area contributed by atoms with Crippen molar-refractivity contribution in [1.82, 2.24) is 30.4 Å². The van der Waals surface area contributed by atoms with Crippen molar-refractivity contribution in [3.05, 3.63) is 72.2 Å². The predicted molar refractivity (Wildman–Crippen MR) is 107 cm³/mol. The molecule has 0 saturated carbocycles. The smallest absolute Gasteiger partial charge is 0.325 e. The number of furan rings is 1. The molecule has 3 heterocycles. The van der Waals surface area contributed by atoms with E-state index in [0.29, 0.717) is 16.8 Å². The first-order chi connectivity index (χ1) is 15.0. The summed E-state index contributed by atoms with van der Waals surface area (Å²) in [7, 11) is 0. The van der Waals surface area contributed by atoms with E-state index in [9.17, 15) is 14.4 Å². The molecule has 0 aliphatic carbocycles. The van der Waals surface area contributed by atoms with Gasteiger partial charge in [0, 0.05) is 5.39 Å². The average Bonchev–Trinajstić information content (AvgIpc) is 3.50. The highest BCUT2D eigenvalue weighted by atomic mass is 16.3. The third-order valence-electron chi connectivity index (χ3n) is 5.31. The molecule has 0 spiro atoms. The van der Waals surface area contributed by atoms with Crippen molar-refractivity contribution in [2.45, 2.75) is 12.5 Å². The fourth-order valence-electron chi connectivity index (χ4n) is 3.62. The van der Waals surface area contributed by atoms with Crippen molar-refractivity contribution < 1.29 is 18.8 Å². The number of carbonyl (C=O) groups excluding carboxylic acids is 3. The van der Waals surface area contributed by atoms with Crippen LogP contribution in [0.5, 0.6) is 0 Å². The minimum atomic E-state index is -1.34. The summed E-state index contributed by atoms with van der Waals surface area (Å²) in [5.74, 6) is -0.904. The summed E-state index contributed by atoms with van der Waals surface area (Å²) < 4.78 is 7.00. The monoisotopic (exact) mass is 416 g/mol. The van der Waals surface area contributed by atoms with Gasteiger partial charge in [0.15, 0.2) is 5.76 Å². The number of hydrogen-bond donors (Lipinski definition) is 1. The van der Waals surface area contributed by atoms with Gasteiger partial charge in [-0.3, -0.25) is 14.5 Å². The van der Waals surface area contributed by atoms with E-state index in [4.69, 9.17) is 4.42 Å². The molecule has 2 aromatic heterocycles. The molecule has 154 valence electrons. The van der Waals surface area contributed by atoms with Gasteiger partial charge in [-0.15, -0.1) is 5.10 Å². The molecule has 5 rings (SSSR count). The molecule has 2 aromatic carbocycles. The lowest BCUT2D eigenvalue weighted by atomic mass is 9.91. The first-order valence-corrected chi connectivity index (χ1v) is 9.45. The van der Waals surface area contributed by atoms with E-state index in [1.807, 2.05) is 12.1 Å². The lowest BCUT2D eigenvalue weighted by molar-refractivity contribution is -0.130. The van der Waals surface area contributed by atoms with Crippen molar-refractivity contribution in [1.29, 1.82) is 0 Å². The number of fused-ring (bicyclic) bond motifs is 1. The van der Waals surface area contributed by atoms with Crippen LogP contribution < -0.4 is 5.32 Å². The Kier molecular flexibility index (Phi) is 4.14. The SMILES string of the molecule is C[C@]1(c2cccc(-n3cnnn3)c2)NC(=O)N(CC(=O)c2cc3ccccc3o2)C1=O. The number of amides is 3. The maximum atomic E-state index is 13.2. The summed E-state index contributed by atoms with van der Waals surface area (Å²) in [4.78, 5) is 39.4. The van der Waals surface area contributed by atoms with E-state index >= 15 is 0 Å². The van der Waals surface area contributed by atoms with Crippen LogP contribution in [0.15, 0.2) is 65.3 Å². The van der Waals surface area contributed by atoms with Gasteiger partial charge >= 0.3 is 6.03 Å². The number of nitrogens with zero attached hydrogens (tertiary/aromatic N) is 5. The Morgan fingerprint density at radius 2 is 1.97 bits per heavy atom. The molecule has 1 aliphatic heterocycles. The van der Waals surface area contributed by atoms with E-state index in [1.165, 1.54) is 11.0 Å². The second kappa shape index (κ2) is 6.87. The Balaban J connectivity index is 1.41. The lowest BCUT2D eigenvalue weighted by Gasteiger charge is -2.22. The van der Waals surface area contributed by atoms with Gasteiger partial charge in [-0.05, 0) is 47.2 Å². The third-order valence-corrected chi connectivity index (χ3v) is 5.31. The molecular formula is C21H16N6O4.